The first-order chi connectivity index (χ1) is 13.5. The van der Waals surface area contributed by atoms with Gasteiger partial charge >= 0.3 is 0 Å². The molecular formula is C22H24FNO4. The number of benzene rings is 2. The van der Waals surface area contributed by atoms with Gasteiger partial charge in [-0.2, -0.15) is 0 Å². The van der Waals surface area contributed by atoms with Crippen LogP contribution in [0.4, 0.5) is 4.39 Å². The molecule has 2 aromatic rings. The van der Waals surface area contributed by atoms with Gasteiger partial charge in [0, 0.05) is 19.2 Å². The Morgan fingerprint density at radius 3 is 2.61 bits per heavy atom. The predicted molar refractivity (Wildman–Crippen MR) is 102 cm³/mol. The zero-order chi connectivity index (χ0) is 19.7. The molecule has 0 radical (unpaired) electrons. The number of hydrogen-bond donors (Lipinski definition) is 1. The molecule has 1 fully saturated rings. The van der Waals surface area contributed by atoms with Gasteiger partial charge in [-0.05, 0) is 48.6 Å². The summed E-state index contributed by atoms with van der Waals surface area (Å²) >= 11 is 0. The quantitative estimate of drug-likeness (QED) is 0.883. The first-order valence-electron chi connectivity index (χ1n) is 9.55. The number of amides is 1. The predicted octanol–water partition coefficient (Wildman–Crippen LogP) is 2.90. The van der Waals surface area contributed by atoms with Crippen LogP contribution in [-0.4, -0.2) is 42.7 Å². The highest BCUT2D eigenvalue weighted by atomic mass is 19.1. The number of nitrogens with zero attached hydrogens (tertiary/aromatic N) is 1. The van der Waals surface area contributed by atoms with E-state index >= 15 is 0 Å². The summed E-state index contributed by atoms with van der Waals surface area (Å²) in [5, 5.41) is 10.9. The van der Waals surface area contributed by atoms with Crippen molar-refractivity contribution in [3.63, 3.8) is 0 Å². The molecule has 1 atom stereocenters. The molecule has 0 spiro atoms. The number of hydrogen-bond acceptors (Lipinski definition) is 4. The fourth-order valence-electron chi connectivity index (χ4n) is 4.04. The molecule has 1 saturated heterocycles. The van der Waals surface area contributed by atoms with Crippen molar-refractivity contribution in [1.82, 2.24) is 4.90 Å². The molecule has 2 aliphatic rings. The van der Waals surface area contributed by atoms with Gasteiger partial charge in [0.25, 0.3) is 0 Å². The highest BCUT2D eigenvalue weighted by Gasteiger charge is 2.38. The minimum atomic E-state index is -1.02. The minimum absolute atomic E-state index is 0.0580. The molecule has 6 heteroatoms. The number of ether oxygens (including phenoxy) is 2. The molecule has 148 valence electrons. The molecule has 0 saturated carbocycles. The number of aliphatic hydroxyl groups is 1. The van der Waals surface area contributed by atoms with E-state index in [2.05, 4.69) is 0 Å². The zero-order valence-corrected chi connectivity index (χ0v) is 15.9. The number of likely N-dealkylation sites (tertiary alicyclic amines) is 1. The average molecular weight is 385 g/mol. The molecule has 2 aliphatic heterocycles. The number of carbonyl (C=O) groups is 1. The van der Waals surface area contributed by atoms with E-state index in [0.29, 0.717) is 44.5 Å². The van der Waals surface area contributed by atoms with Crippen molar-refractivity contribution in [2.75, 3.05) is 26.8 Å². The molecule has 0 aromatic heterocycles. The van der Waals surface area contributed by atoms with E-state index in [-0.39, 0.29) is 17.6 Å². The number of carbonyl (C=O) groups excluding carboxylic acids is 1. The summed E-state index contributed by atoms with van der Waals surface area (Å²) in [6.07, 6.45) is 1.51. The van der Waals surface area contributed by atoms with Crippen LogP contribution < -0.4 is 9.47 Å². The minimum Gasteiger partial charge on any atom is -0.497 e. The van der Waals surface area contributed by atoms with Crippen LogP contribution in [-0.2, 0) is 16.8 Å². The lowest BCUT2D eigenvalue weighted by atomic mass is 9.84. The lowest BCUT2D eigenvalue weighted by Gasteiger charge is -2.40. The van der Waals surface area contributed by atoms with Crippen LogP contribution in [0.25, 0.3) is 0 Å². The molecule has 1 amide bonds. The normalized spacial score (nSPS) is 20.8. The largest absolute Gasteiger partial charge is 0.497 e. The first kappa shape index (κ1) is 18.7. The Kier molecular flexibility index (Phi) is 4.98. The summed E-state index contributed by atoms with van der Waals surface area (Å²) in [6.45, 7) is 1.29. The number of rotatable bonds is 3. The second kappa shape index (κ2) is 7.43. The maximum Gasteiger partial charge on any atom is 0.229 e. The van der Waals surface area contributed by atoms with Crippen molar-refractivity contribution < 1.29 is 23.8 Å². The Balaban J connectivity index is 1.39. The van der Waals surface area contributed by atoms with Gasteiger partial charge in [0.05, 0.1) is 18.6 Å². The lowest BCUT2D eigenvalue weighted by molar-refractivity contribution is -0.141. The summed E-state index contributed by atoms with van der Waals surface area (Å²) < 4.78 is 24.2. The smallest absolute Gasteiger partial charge is 0.229 e. The lowest BCUT2D eigenvalue weighted by Crippen LogP contribution is -2.48. The summed E-state index contributed by atoms with van der Waals surface area (Å²) in [5.41, 5.74) is 0.687. The maximum atomic E-state index is 13.1. The van der Waals surface area contributed by atoms with Crippen LogP contribution in [0.2, 0.25) is 0 Å². The van der Waals surface area contributed by atoms with E-state index in [0.717, 1.165) is 17.1 Å². The van der Waals surface area contributed by atoms with Gasteiger partial charge < -0.3 is 19.5 Å². The van der Waals surface area contributed by atoms with Crippen LogP contribution in [0, 0.1) is 11.7 Å². The maximum absolute atomic E-state index is 13.1. The third-order valence-corrected chi connectivity index (χ3v) is 5.81. The highest BCUT2D eigenvalue weighted by molar-refractivity contribution is 5.80. The fourth-order valence-corrected chi connectivity index (χ4v) is 4.04. The molecular weight excluding hydrogens is 361 g/mol. The Labute approximate surface area is 163 Å². The zero-order valence-electron chi connectivity index (χ0n) is 15.9. The van der Waals surface area contributed by atoms with Gasteiger partial charge in [-0.3, -0.25) is 4.79 Å². The van der Waals surface area contributed by atoms with Gasteiger partial charge in [0.15, 0.2) is 0 Å². The first-order valence-corrected chi connectivity index (χ1v) is 9.55. The van der Waals surface area contributed by atoms with E-state index in [1.54, 1.807) is 24.1 Å². The van der Waals surface area contributed by atoms with E-state index in [9.17, 15) is 14.3 Å². The van der Waals surface area contributed by atoms with Crippen LogP contribution in [0.15, 0.2) is 42.5 Å². The Morgan fingerprint density at radius 2 is 1.93 bits per heavy atom. The molecule has 0 bridgehead atoms. The van der Waals surface area contributed by atoms with Crippen molar-refractivity contribution in [3.05, 3.63) is 59.4 Å². The van der Waals surface area contributed by atoms with Gasteiger partial charge in [0.1, 0.15) is 23.9 Å². The van der Waals surface area contributed by atoms with Crippen molar-refractivity contribution >= 4 is 5.91 Å². The van der Waals surface area contributed by atoms with Crippen LogP contribution in [0.1, 0.15) is 24.0 Å². The Hall–Kier alpha value is -2.60. The van der Waals surface area contributed by atoms with E-state index < -0.39 is 5.60 Å². The number of methoxy groups -OCH3 is 1. The number of piperidine rings is 1. The van der Waals surface area contributed by atoms with Crippen LogP contribution in [0.3, 0.4) is 0 Å². The van der Waals surface area contributed by atoms with Gasteiger partial charge in [0.2, 0.25) is 5.91 Å². The van der Waals surface area contributed by atoms with Gasteiger partial charge in [-0.15, -0.1) is 0 Å². The Morgan fingerprint density at radius 1 is 1.21 bits per heavy atom. The summed E-state index contributed by atoms with van der Waals surface area (Å²) in [5.74, 6) is 1.02. The molecule has 0 unspecified atom stereocenters. The highest BCUT2D eigenvalue weighted by Crippen LogP contribution is 2.35. The third-order valence-electron chi connectivity index (χ3n) is 5.81. The number of halogens is 1. The van der Waals surface area contributed by atoms with Crippen molar-refractivity contribution in [2.24, 2.45) is 5.92 Å². The monoisotopic (exact) mass is 385 g/mol. The molecule has 2 heterocycles. The van der Waals surface area contributed by atoms with E-state index in [1.807, 2.05) is 18.2 Å². The standard InChI is InChI=1S/C22H24FNO4/c1-27-19-7-2-15-12-16(14-28-20(15)13-19)21(25)24-10-8-22(26,9-11-24)17-3-5-18(23)6-4-17/h2-7,13,16,26H,8-12,14H2,1H3/t16-/m0/s1. The SMILES string of the molecule is COc1ccc2c(c1)OC[C@@H](C(=O)N1CCC(O)(c3ccc(F)cc3)CC1)C2. The summed E-state index contributed by atoms with van der Waals surface area (Å²) in [7, 11) is 1.61. The average Bonchev–Trinajstić information content (AvgIpc) is 2.73. The van der Waals surface area contributed by atoms with Crippen LogP contribution in [0.5, 0.6) is 11.5 Å². The second-order valence-electron chi connectivity index (χ2n) is 7.55. The van der Waals surface area contributed by atoms with Gasteiger partial charge in [-0.25, -0.2) is 4.39 Å². The topological polar surface area (TPSA) is 59.0 Å². The van der Waals surface area contributed by atoms with E-state index in [1.165, 1.54) is 12.1 Å². The summed E-state index contributed by atoms with van der Waals surface area (Å²) in [6, 6.07) is 11.6. The number of fused-ring (bicyclic) bond motifs is 1. The van der Waals surface area contributed by atoms with Gasteiger partial charge in [-0.1, -0.05) is 18.2 Å². The molecule has 5 nitrogen and oxygen atoms in total. The van der Waals surface area contributed by atoms with Crippen molar-refractivity contribution in [1.29, 1.82) is 0 Å². The second-order valence-corrected chi connectivity index (χ2v) is 7.55. The van der Waals surface area contributed by atoms with E-state index in [4.69, 9.17) is 9.47 Å². The third kappa shape index (κ3) is 3.56. The molecule has 0 aliphatic carbocycles. The molecule has 1 N–H and O–H groups in total. The van der Waals surface area contributed by atoms with Crippen LogP contribution >= 0.6 is 0 Å². The van der Waals surface area contributed by atoms with Crippen molar-refractivity contribution in [2.45, 2.75) is 24.9 Å². The molecule has 4 rings (SSSR count). The molecule has 28 heavy (non-hydrogen) atoms. The fraction of sp³-hybridized carbons (Fsp3) is 0.409. The van der Waals surface area contributed by atoms with Crippen molar-refractivity contribution in [3.8, 4) is 11.5 Å². The summed E-state index contributed by atoms with van der Waals surface area (Å²) in [4.78, 5) is 14.8. The molecule has 2 aromatic carbocycles. The Bertz CT molecular complexity index is 859.